The molecule has 4 aliphatic heterocycles. The molecule has 4 aliphatic rings. The molecule has 4 heterocycles. The Morgan fingerprint density at radius 1 is 0.404 bits per heavy atom. The summed E-state index contributed by atoms with van der Waals surface area (Å²) in [6, 6.07) is 49.0. The Morgan fingerprint density at radius 2 is 0.819 bits per heavy atom. The van der Waals surface area contributed by atoms with Gasteiger partial charge >= 0.3 is 35.8 Å². The minimum absolute atomic E-state index is 0.0267. The molecule has 0 aliphatic carbocycles. The lowest BCUT2D eigenvalue weighted by molar-refractivity contribution is -0.369. The third-order valence-corrected chi connectivity index (χ3v) is 16.7. The van der Waals surface area contributed by atoms with Crippen LogP contribution in [-0.2, 0) is 110 Å². The quantitative estimate of drug-likeness (QED) is 0.0283. The fraction of sp³-hybridized carbons (Fsp3) is 0.371. The minimum atomic E-state index is -1.99. The number of hydrogen-bond donors (Lipinski definition) is 0. The van der Waals surface area contributed by atoms with Gasteiger partial charge in [-0.3, -0.25) is 38.5 Å². The number of carbonyl (C=O) groups is 8. The number of carbonyl (C=O) groups excluding carboxylic acids is 8. The van der Waals surface area contributed by atoms with E-state index in [1.165, 1.54) is 24.3 Å². The number of thioether (sulfide) groups is 1. The summed E-state index contributed by atoms with van der Waals surface area (Å²) in [6.07, 6.45) is -21.2. The monoisotopic (exact) mass is 1310 g/mol. The van der Waals surface area contributed by atoms with E-state index >= 15 is 9.59 Å². The Bertz CT molecular complexity index is 3520. The maximum Gasteiger partial charge on any atom is 0.338 e. The molecule has 10 rings (SSSR count). The van der Waals surface area contributed by atoms with Crippen molar-refractivity contribution < 1.29 is 105 Å². The van der Waals surface area contributed by atoms with Crippen molar-refractivity contribution >= 4 is 59.4 Å². The van der Waals surface area contributed by atoms with Crippen molar-refractivity contribution in [2.24, 2.45) is 0 Å². The number of hydrogen-bond acceptors (Lipinski definition) is 23. The third kappa shape index (κ3) is 17.4. The molecule has 6 aromatic carbocycles. The van der Waals surface area contributed by atoms with Crippen molar-refractivity contribution in [3.63, 3.8) is 0 Å². The van der Waals surface area contributed by atoms with Crippen LogP contribution in [-0.4, -0.2) is 164 Å². The van der Waals surface area contributed by atoms with Gasteiger partial charge in [0.2, 0.25) is 0 Å². The summed E-state index contributed by atoms with van der Waals surface area (Å²) in [5.74, 6) is -6.80. The van der Waals surface area contributed by atoms with E-state index in [1.54, 1.807) is 60.7 Å². The number of nitrogens with zero attached hydrogens (tertiary/aromatic N) is 1. The lowest BCUT2D eigenvalue weighted by Gasteiger charge is -2.52. The van der Waals surface area contributed by atoms with Crippen LogP contribution in [0.3, 0.4) is 0 Å². The van der Waals surface area contributed by atoms with Crippen LogP contribution >= 0.6 is 11.8 Å². The van der Waals surface area contributed by atoms with Gasteiger partial charge in [0.1, 0.15) is 67.4 Å². The number of fused-ring (bicyclic) bond motifs is 1. The van der Waals surface area contributed by atoms with Crippen LogP contribution in [0.2, 0.25) is 0 Å². The summed E-state index contributed by atoms with van der Waals surface area (Å²) in [7, 11) is 0. The van der Waals surface area contributed by atoms with Gasteiger partial charge in [-0.05, 0) is 53.1 Å². The van der Waals surface area contributed by atoms with Crippen molar-refractivity contribution in [1.29, 1.82) is 0 Å². The molecule has 94 heavy (non-hydrogen) atoms. The molecule has 0 saturated carbocycles. The van der Waals surface area contributed by atoms with E-state index in [2.05, 4.69) is 0 Å². The highest BCUT2D eigenvalue weighted by Crippen LogP contribution is 2.42. The highest BCUT2D eigenvalue weighted by molar-refractivity contribution is 7.99. The number of ether oxygens (including phenoxy) is 14. The molecule has 0 unspecified atom stereocenters. The Labute approximate surface area is 546 Å². The summed E-state index contributed by atoms with van der Waals surface area (Å²) < 4.78 is 90.8. The van der Waals surface area contributed by atoms with Crippen LogP contribution in [0.15, 0.2) is 181 Å². The first-order valence-corrected chi connectivity index (χ1v) is 31.3. The Hall–Kier alpha value is -8.69. The van der Waals surface area contributed by atoms with E-state index in [0.29, 0.717) is 10.5 Å². The van der Waals surface area contributed by atoms with E-state index < -0.39 is 152 Å². The Kier molecular flexibility index (Phi) is 23.5. The number of rotatable bonds is 26. The molecule has 0 bridgehead atoms. The highest BCUT2D eigenvalue weighted by atomic mass is 32.2. The second-order valence-electron chi connectivity index (χ2n) is 22.4. The molecule has 15 atom stereocenters. The smallest absolute Gasteiger partial charge is 0.338 e. The Balaban J connectivity index is 1.11. The highest BCUT2D eigenvalue weighted by Gasteiger charge is 2.61. The van der Waals surface area contributed by atoms with Crippen molar-refractivity contribution in [2.75, 3.05) is 19.8 Å². The predicted molar refractivity (Wildman–Crippen MR) is 330 cm³/mol. The van der Waals surface area contributed by atoms with Gasteiger partial charge < -0.3 is 66.3 Å². The zero-order valence-electron chi connectivity index (χ0n) is 52.0. The summed E-state index contributed by atoms with van der Waals surface area (Å²) in [5.41, 5.74) is 1.28. The zero-order chi connectivity index (χ0) is 66.3. The Morgan fingerprint density at radius 3 is 1.35 bits per heavy atom. The average molecular weight is 1310 g/mol. The van der Waals surface area contributed by atoms with Crippen molar-refractivity contribution in [3.8, 4) is 0 Å². The molecule has 0 radical (unpaired) electrons. The molecule has 0 spiro atoms. The summed E-state index contributed by atoms with van der Waals surface area (Å²) in [4.78, 5) is 113. The van der Waals surface area contributed by atoms with Gasteiger partial charge in [-0.15, -0.1) is 0 Å². The number of amides is 2. The van der Waals surface area contributed by atoms with Crippen LogP contribution in [0.1, 0.15) is 82.4 Å². The molecule has 23 nitrogen and oxygen atoms in total. The molecule has 3 saturated heterocycles. The van der Waals surface area contributed by atoms with Crippen LogP contribution in [0.4, 0.5) is 0 Å². The van der Waals surface area contributed by atoms with Gasteiger partial charge in [-0.25, -0.2) is 4.79 Å². The first-order chi connectivity index (χ1) is 45.5. The molecular formula is C70H71NO22S. The van der Waals surface area contributed by atoms with Crippen molar-refractivity contribution in [3.05, 3.63) is 209 Å². The SMILES string of the molecule is CC(=O)OC[C@H]1O[C@@H](Sc2ccccc2)[C@H](OC(C)=O)[C@@H](OC(C)=O)[C@@H]1O[C@@H]1O[C@H](COC(=O)c2ccccc2)[C@H](O[C@@H]2O[C@H](COCc3ccccc3)[C@H](OCc3ccccc3)[C@H](OCc3ccccc3)[C@H]2N2C(=O)c3ccccc3C2=O)[C@H](OC(C)=O)[C@H]1OC(C)=O. The third-order valence-electron chi connectivity index (χ3n) is 15.5. The van der Waals surface area contributed by atoms with E-state index in [4.69, 9.17) is 66.3 Å². The van der Waals surface area contributed by atoms with Gasteiger partial charge in [-0.2, -0.15) is 0 Å². The van der Waals surface area contributed by atoms with Gasteiger partial charge in [0, 0.05) is 39.5 Å². The minimum Gasteiger partial charge on any atom is -0.463 e. The maximum atomic E-state index is 15.2. The molecule has 0 N–H and O–H groups in total. The van der Waals surface area contributed by atoms with E-state index in [1.807, 2.05) is 91.0 Å². The summed E-state index contributed by atoms with van der Waals surface area (Å²) in [5, 5.41) is 0. The molecule has 0 aromatic heterocycles. The number of imide groups is 1. The van der Waals surface area contributed by atoms with Gasteiger partial charge in [-0.1, -0.05) is 151 Å². The molecule has 24 heteroatoms. The standard InChI is InChI=1S/C70H71NO22S/c1-41(72)81-39-55-59(62(86-43(3)74)64(88-45(5)76)70(91-55)94-50-31-19-10-20-32-50)93-69-63(87-44(4)75)61(85-42(2)73)58(54(90-69)40-84-67(79)49-29-17-9-18-30-49)92-68-56(71-65(77)51-33-21-22-34-52(51)66(71)78)60(83-37-48-27-15-8-16-28-48)57(82-36-47-25-13-7-14-26-47)53(89-68)38-80-35-46-23-11-6-12-24-46/h6-34,53-64,68-70H,35-40H2,1-5H3/t53-,54-,55-,56-,57+,58+,59-,60-,61+,62+,63-,64-,68+,69+,70+/m1/s1. The molecular weight excluding hydrogens is 1240 g/mol. The zero-order valence-corrected chi connectivity index (χ0v) is 52.8. The van der Waals surface area contributed by atoms with Gasteiger partial charge in [0.05, 0.1) is 43.1 Å². The maximum absolute atomic E-state index is 15.2. The fourth-order valence-electron chi connectivity index (χ4n) is 11.5. The summed E-state index contributed by atoms with van der Waals surface area (Å²) >= 11 is 1.09. The second-order valence-corrected chi connectivity index (χ2v) is 23.5. The fourth-order valence-corrected chi connectivity index (χ4v) is 12.6. The molecule has 494 valence electrons. The largest absolute Gasteiger partial charge is 0.463 e. The molecule has 3 fully saturated rings. The second kappa shape index (κ2) is 32.4. The van der Waals surface area contributed by atoms with Gasteiger partial charge in [0.25, 0.3) is 11.8 Å². The average Bonchev–Trinajstić information content (AvgIpc) is 1.37. The van der Waals surface area contributed by atoms with Gasteiger partial charge in [0.15, 0.2) is 37.0 Å². The normalized spacial score (nSPS) is 26.5. The first-order valence-electron chi connectivity index (χ1n) is 30.4. The van der Waals surface area contributed by atoms with Crippen LogP contribution in [0, 0.1) is 0 Å². The number of benzene rings is 6. The number of esters is 6. The topological polar surface area (TPSA) is 269 Å². The van der Waals surface area contributed by atoms with E-state index in [0.717, 1.165) is 62.4 Å². The molecule has 6 aromatic rings. The lowest BCUT2D eigenvalue weighted by atomic mass is 9.93. The van der Waals surface area contributed by atoms with Crippen LogP contribution in [0.5, 0.6) is 0 Å². The van der Waals surface area contributed by atoms with E-state index in [9.17, 15) is 28.8 Å². The summed E-state index contributed by atoms with van der Waals surface area (Å²) in [6.45, 7) is 3.86. The predicted octanol–water partition coefficient (Wildman–Crippen LogP) is 7.92. The van der Waals surface area contributed by atoms with Crippen molar-refractivity contribution in [1.82, 2.24) is 4.90 Å². The van der Waals surface area contributed by atoms with E-state index in [-0.39, 0.29) is 43.1 Å². The first kappa shape index (κ1) is 68.2. The van der Waals surface area contributed by atoms with Crippen molar-refractivity contribution in [2.45, 2.75) is 151 Å². The molecule has 2 amide bonds. The van der Waals surface area contributed by atoms with Crippen LogP contribution in [0.25, 0.3) is 0 Å². The van der Waals surface area contributed by atoms with Crippen LogP contribution < -0.4 is 0 Å². The lowest BCUT2D eigenvalue weighted by Crippen LogP contribution is -2.70.